The molecule has 17 heavy (non-hydrogen) atoms. The fraction of sp³-hybridized carbons (Fsp3) is 0.600. The maximum absolute atomic E-state index is 10.7. The lowest BCUT2D eigenvalue weighted by Gasteiger charge is -2.34. The summed E-state index contributed by atoms with van der Waals surface area (Å²) in [5, 5.41) is 10.7. The van der Waals surface area contributed by atoms with E-state index in [4.69, 9.17) is 4.74 Å². The van der Waals surface area contributed by atoms with Crippen molar-refractivity contribution in [1.29, 1.82) is 0 Å². The predicted molar refractivity (Wildman–Crippen MR) is 69.2 cm³/mol. The highest BCUT2D eigenvalue weighted by Crippen LogP contribution is 2.34. The van der Waals surface area contributed by atoms with E-state index in [1.165, 1.54) is 11.1 Å². The lowest BCUT2D eigenvalue weighted by Crippen LogP contribution is -2.34. The highest BCUT2D eigenvalue weighted by atomic mass is 16.5. The number of aryl methyl sites for hydroxylation is 1. The summed E-state index contributed by atoms with van der Waals surface area (Å²) in [6.45, 7) is 7.79. The molecular weight excluding hydrogens is 212 g/mol. The highest BCUT2D eigenvalue weighted by molar-refractivity contribution is 5.36. The van der Waals surface area contributed by atoms with Crippen molar-refractivity contribution in [2.45, 2.75) is 45.1 Å². The molecule has 0 unspecified atom stereocenters. The van der Waals surface area contributed by atoms with Gasteiger partial charge >= 0.3 is 0 Å². The second kappa shape index (κ2) is 4.79. The molecule has 0 radical (unpaired) electrons. The van der Waals surface area contributed by atoms with Gasteiger partial charge in [0.25, 0.3) is 0 Å². The second-order valence-electron chi connectivity index (χ2n) is 5.37. The fourth-order valence-corrected chi connectivity index (χ4v) is 2.55. The molecular formula is C15H22O2. The smallest absolute Gasteiger partial charge is 0.0942 e. The molecule has 1 aliphatic heterocycles. The number of rotatable bonds is 2. The van der Waals surface area contributed by atoms with Crippen LogP contribution in [0.4, 0.5) is 0 Å². The summed E-state index contributed by atoms with van der Waals surface area (Å²) in [6, 6.07) is 6.43. The van der Waals surface area contributed by atoms with Crippen LogP contribution in [0, 0.1) is 6.92 Å². The van der Waals surface area contributed by atoms with Crippen molar-refractivity contribution in [2.24, 2.45) is 0 Å². The van der Waals surface area contributed by atoms with E-state index >= 15 is 0 Å². The van der Waals surface area contributed by atoms with Gasteiger partial charge < -0.3 is 9.84 Å². The summed E-state index contributed by atoms with van der Waals surface area (Å²) in [7, 11) is 0. The maximum atomic E-state index is 10.7. The minimum atomic E-state index is -0.683. The number of aliphatic hydroxyl groups is 1. The van der Waals surface area contributed by atoms with Crippen molar-refractivity contribution in [1.82, 2.24) is 0 Å². The molecule has 0 atom stereocenters. The standard InChI is InChI=1S/C15H22O2/c1-11(2)13-4-5-14(12(3)10-13)15(16)6-8-17-9-7-15/h4-5,10-11,16H,6-9H2,1-3H3. The Balaban J connectivity index is 2.32. The third-order valence-corrected chi connectivity index (χ3v) is 3.74. The van der Waals surface area contributed by atoms with Crippen molar-refractivity contribution in [2.75, 3.05) is 13.2 Å². The van der Waals surface area contributed by atoms with Gasteiger partial charge in [-0.1, -0.05) is 32.0 Å². The van der Waals surface area contributed by atoms with Gasteiger partial charge in [0.1, 0.15) is 0 Å². The van der Waals surface area contributed by atoms with Crippen LogP contribution in [-0.2, 0) is 10.3 Å². The van der Waals surface area contributed by atoms with E-state index in [1.54, 1.807) is 0 Å². The number of hydrogen-bond donors (Lipinski definition) is 1. The topological polar surface area (TPSA) is 29.5 Å². The SMILES string of the molecule is Cc1cc(C(C)C)ccc1C1(O)CCOCC1. The lowest BCUT2D eigenvalue weighted by atomic mass is 9.82. The van der Waals surface area contributed by atoms with Crippen LogP contribution in [0.1, 0.15) is 49.3 Å². The van der Waals surface area contributed by atoms with Crippen LogP contribution in [0.5, 0.6) is 0 Å². The van der Waals surface area contributed by atoms with Crippen LogP contribution in [0.15, 0.2) is 18.2 Å². The van der Waals surface area contributed by atoms with Gasteiger partial charge in [-0.05, 0) is 29.5 Å². The molecule has 0 aliphatic carbocycles. The van der Waals surface area contributed by atoms with Crippen molar-refractivity contribution in [3.63, 3.8) is 0 Å². The Bertz CT molecular complexity index is 390. The molecule has 1 heterocycles. The molecule has 0 aromatic heterocycles. The van der Waals surface area contributed by atoms with Gasteiger partial charge in [-0.2, -0.15) is 0 Å². The Morgan fingerprint density at radius 2 is 1.88 bits per heavy atom. The number of benzene rings is 1. The van der Waals surface area contributed by atoms with E-state index in [0.29, 0.717) is 32.0 Å². The molecule has 0 bridgehead atoms. The van der Waals surface area contributed by atoms with Crippen molar-refractivity contribution >= 4 is 0 Å². The Morgan fingerprint density at radius 1 is 1.24 bits per heavy atom. The van der Waals surface area contributed by atoms with Gasteiger partial charge in [0.15, 0.2) is 0 Å². The van der Waals surface area contributed by atoms with Gasteiger partial charge in [0.2, 0.25) is 0 Å². The summed E-state index contributed by atoms with van der Waals surface area (Å²) >= 11 is 0. The van der Waals surface area contributed by atoms with E-state index in [-0.39, 0.29) is 0 Å². The fourth-order valence-electron chi connectivity index (χ4n) is 2.55. The van der Waals surface area contributed by atoms with Crippen LogP contribution in [0.3, 0.4) is 0 Å². The molecule has 1 aromatic carbocycles. The average Bonchev–Trinajstić information content (AvgIpc) is 2.29. The first-order valence-electron chi connectivity index (χ1n) is 6.44. The predicted octanol–water partition coefficient (Wildman–Crippen LogP) is 3.12. The molecule has 1 aromatic rings. The average molecular weight is 234 g/mol. The van der Waals surface area contributed by atoms with Crippen LogP contribution in [0.25, 0.3) is 0 Å². The zero-order valence-electron chi connectivity index (χ0n) is 11.0. The third-order valence-electron chi connectivity index (χ3n) is 3.74. The third kappa shape index (κ3) is 2.53. The van der Waals surface area contributed by atoms with E-state index in [2.05, 4.69) is 39.0 Å². The normalized spacial score (nSPS) is 19.6. The van der Waals surface area contributed by atoms with Crippen LogP contribution < -0.4 is 0 Å². The van der Waals surface area contributed by atoms with E-state index in [1.807, 2.05) is 0 Å². The minimum absolute atomic E-state index is 0.534. The molecule has 2 heteroatoms. The molecule has 1 N–H and O–H groups in total. The Morgan fingerprint density at radius 3 is 2.41 bits per heavy atom. The minimum Gasteiger partial charge on any atom is -0.385 e. The van der Waals surface area contributed by atoms with Gasteiger partial charge in [-0.25, -0.2) is 0 Å². The molecule has 1 aliphatic rings. The van der Waals surface area contributed by atoms with E-state index in [9.17, 15) is 5.11 Å². The summed E-state index contributed by atoms with van der Waals surface area (Å²) in [6.07, 6.45) is 1.41. The molecule has 1 saturated heterocycles. The van der Waals surface area contributed by atoms with Crippen molar-refractivity contribution < 1.29 is 9.84 Å². The maximum Gasteiger partial charge on any atom is 0.0942 e. The quantitative estimate of drug-likeness (QED) is 0.852. The van der Waals surface area contributed by atoms with Crippen LogP contribution in [0.2, 0.25) is 0 Å². The molecule has 0 saturated carbocycles. The summed E-state index contributed by atoms with van der Waals surface area (Å²) in [5.74, 6) is 0.534. The second-order valence-corrected chi connectivity index (χ2v) is 5.37. The first-order chi connectivity index (χ1) is 8.03. The van der Waals surface area contributed by atoms with Gasteiger partial charge in [0.05, 0.1) is 5.60 Å². The first-order valence-corrected chi connectivity index (χ1v) is 6.44. The highest BCUT2D eigenvalue weighted by Gasteiger charge is 2.32. The molecule has 0 spiro atoms. The Hall–Kier alpha value is -0.860. The van der Waals surface area contributed by atoms with Gasteiger partial charge in [-0.15, -0.1) is 0 Å². The lowest BCUT2D eigenvalue weighted by molar-refractivity contribution is -0.0682. The zero-order valence-corrected chi connectivity index (χ0v) is 11.0. The number of ether oxygens (including phenoxy) is 1. The molecule has 1 fully saturated rings. The largest absolute Gasteiger partial charge is 0.385 e. The van der Waals surface area contributed by atoms with E-state index in [0.717, 1.165) is 5.56 Å². The van der Waals surface area contributed by atoms with Gasteiger partial charge in [-0.3, -0.25) is 0 Å². The van der Waals surface area contributed by atoms with Crippen LogP contribution in [-0.4, -0.2) is 18.3 Å². The van der Waals surface area contributed by atoms with Gasteiger partial charge in [0, 0.05) is 26.1 Å². The van der Waals surface area contributed by atoms with E-state index < -0.39 is 5.60 Å². The molecule has 2 rings (SSSR count). The Kier molecular flexibility index (Phi) is 3.55. The Labute approximate surface area is 104 Å². The monoisotopic (exact) mass is 234 g/mol. The van der Waals surface area contributed by atoms with Crippen LogP contribution >= 0.6 is 0 Å². The first kappa shape index (κ1) is 12.6. The summed E-state index contributed by atoms with van der Waals surface area (Å²) < 4.78 is 5.33. The summed E-state index contributed by atoms with van der Waals surface area (Å²) in [4.78, 5) is 0. The molecule has 2 nitrogen and oxygen atoms in total. The zero-order chi connectivity index (χ0) is 12.5. The van der Waals surface area contributed by atoms with Crippen molar-refractivity contribution in [3.05, 3.63) is 34.9 Å². The molecule has 94 valence electrons. The van der Waals surface area contributed by atoms with Crippen molar-refractivity contribution in [3.8, 4) is 0 Å². The summed E-state index contributed by atoms with van der Waals surface area (Å²) in [5.41, 5.74) is 2.92. The number of hydrogen-bond acceptors (Lipinski definition) is 2. The molecule has 0 amide bonds.